The Bertz CT molecular complexity index is 898. The molecule has 132 valence electrons. The second-order valence-electron chi connectivity index (χ2n) is 5.64. The van der Waals surface area contributed by atoms with Crippen molar-refractivity contribution < 1.29 is 26.8 Å². The van der Waals surface area contributed by atoms with Gasteiger partial charge in [0, 0.05) is 26.7 Å². The SMILES string of the molecule is [3H]C(C(=O)ON1C(=O)CCC1=O)C([3H])c1ccc(C(=O)c2ccccc2)cc1. The van der Waals surface area contributed by atoms with Gasteiger partial charge in [0.1, 0.15) is 0 Å². The summed E-state index contributed by atoms with van der Waals surface area (Å²) in [4.78, 5) is 52.1. The molecule has 0 N–H and O–H groups in total. The molecule has 2 atom stereocenters. The smallest absolute Gasteiger partial charge is 0.330 e. The maximum Gasteiger partial charge on any atom is 0.333 e. The summed E-state index contributed by atoms with van der Waals surface area (Å²) < 4.78 is 16.0. The lowest BCUT2D eigenvalue weighted by molar-refractivity contribution is -0.197. The third-order valence-electron chi connectivity index (χ3n) is 3.81. The Morgan fingerprint density at radius 1 is 0.923 bits per heavy atom. The predicted octanol–water partition coefficient (Wildman–Crippen LogP) is 2.46. The third kappa shape index (κ3) is 4.03. The summed E-state index contributed by atoms with van der Waals surface area (Å²) in [5, 5.41) is 0.359. The van der Waals surface area contributed by atoms with Gasteiger partial charge in [0.05, 0.1) is 6.40 Å². The van der Waals surface area contributed by atoms with Gasteiger partial charge in [-0.05, 0) is 12.0 Å². The Balaban J connectivity index is 1.67. The highest BCUT2D eigenvalue weighted by molar-refractivity contribution is 6.08. The molecule has 26 heavy (non-hydrogen) atoms. The molecular weight excluding hydrogens is 334 g/mol. The van der Waals surface area contributed by atoms with Gasteiger partial charge in [-0.15, -0.1) is 5.06 Å². The van der Waals surface area contributed by atoms with Gasteiger partial charge in [0.2, 0.25) is 0 Å². The van der Waals surface area contributed by atoms with Crippen LogP contribution in [0.2, 0.25) is 0 Å². The van der Waals surface area contributed by atoms with Crippen molar-refractivity contribution in [3.05, 3.63) is 71.3 Å². The zero-order valence-electron chi connectivity index (χ0n) is 15.8. The number of ketones is 1. The zero-order chi connectivity index (χ0) is 20.3. The fourth-order valence-electron chi connectivity index (χ4n) is 2.44. The van der Waals surface area contributed by atoms with Crippen LogP contribution in [0, 0.1) is 0 Å². The van der Waals surface area contributed by atoms with Gasteiger partial charge in [-0.1, -0.05) is 54.6 Å². The normalized spacial score (nSPS) is 17.3. The number of hydrogen-bond acceptors (Lipinski definition) is 5. The molecule has 1 fully saturated rings. The minimum Gasteiger partial charge on any atom is -0.330 e. The van der Waals surface area contributed by atoms with E-state index in [2.05, 4.69) is 0 Å². The molecule has 2 unspecified atom stereocenters. The van der Waals surface area contributed by atoms with Crippen LogP contribution in [0.25, 0.3) is 0 Å². The number of hydroxylamine groups is 2. The molecule has 3 rings (SSSR count). The van der Waals surface area contributed by atoms with Gasteiger partial charge in [-0.3, -0.25) is 14.4 Å². The van der Waals surface area contributed by atoms with Crippen LogP contribution in [0.3, 0.4) is 0 Å². The summed E-state index contributed by atoms with van der Waals surface area (Å²) >= 11 is 0. The number of hydrogen-bond donors (Lipinski definition) is 0. The first-order valence-corrected chi connectivity index (χ1v) is 8.00. The predicted molar refractivity (Wildman–Crippen MR) is 91.8 cm³/mol. The van der Waals surface area contributed by atoms with Crippen LogP contribution in [0.1, 0.15) is 43.5 Å². The molecule has 0 spiro atoms. The molecule has 1 aliphatic heterocycles. The minimum absolute atomic E-state index is 0.0456. The van der Waals surface area contributed by atoms with E-state index in [9.17, 15) is 19.2 Å². The van der Waals surface area contributed by atoms with Crippen molar-refractivity contribution in [2.45, 2.75) is 25.6 Å². The molecule has 0 aliphatic carbocycles. The largest absolute Gasteiger partial charge is 0.333 e. The Morgan fingerprint density at radius 2 is 1.50 bits per heavy atom. The van der Waals surface area contributed by atoms with E-state index in [4.69, 9.17) is 7.58 Å². The number of carbonyl (C=O) groups excluding carboxylic acids is 4. The number of rotatable bonds is 6. The van der Waals surface area contributed by atoms with Crippen molar-refractivity contribution in [2.24, 2.45) is 0 Å². The molecule has 2 aromatic rings. The average Bonchev–Trinajstić information content (AvgIpc) is 3.04. The van der Waals surface area contributed by atoms with Gasteiger partial charge in [0.25, 0.3) is 11.8 Å². The molecule has 6 nitrogen and oxygen atoms in total. The van der Waals surface area contributed by atoms with Crippen LogP contribution in [-0.2, 0) is 25.6 Å². The molecule has 0 aromatic heterocycles. The van der Waals surface area contributed by atoms with Crippen molar-refractivity contribution in [1.29, 1.82) is 0 Å². The third-order valence-corrected chi connectivity index (χ3v) is 3.81. The van der Waals surface area contributed by atoms with Crippen molar-refractivity contribution >= 4 is 23.6 Å². The zero-order valence-corrected chi connectivity index (χ0v) is 13.8. The Morgan fingerprint density at radius 3 is 2.12 bits per heavy atom. The molecule has 0 bridgehead atoms. The van der Waals surface area contributed by atoms with Crippen molar-refractivity contribution in [2.75, 3.05) is 0 Å². The monoisotopic (exact) mass is 355 g/mol. The first-order chi connectivity index (χ1) is 13.4. The lowest BCUT2D eigenvalue weighted by Crippen LogP contribution is -2.32. The van der Waals surface area contributed by atoms with Crippen LogP contribution in [-0.4, -0.2) is 28.6 Å². The van der Waals surface area contributed by atoms with Crippen molar-refractivity contribution in [3.8, 4) is 0 Å². The fourth-order valence-corrected chi connectivity index (χ4v) is 2.44. The topological polar surface area (TPSA) is 80.8 Å². The summed E-state index contributed by atoms with van der Waals surface area (Å²) in [6.07, 6.45) is -3.05. The molecule has 1 heterocycles. The van der Waals surface area contributed by atoms with E-state index >= 15 is 0 Å². The second-order valence-corrected chi connectivity index (χ2v) is 5.64. The summed E-state index contributed by atoms with van der Waals surface area (Å²) in [5.41, 5.74) is 1.28. The van der Waals surface area contributed by atoms with E-state index in [0.717, 1.165) is 0 Å². The average molecular weight is 355 g/mol. The number of aryl methyl sites for hydroxylation is 1. The van der Waals surface area contributed by atoms with E-state index in [0.29, 0.717) is 21.8 Å². The number of nitrogens with zero attached hydrogens (tertiary/aromatic N) is 1. The first-order valence-electron chi connectivity index (χ1n) is 9.15. The van der Waals surface area contributed by atoms with Crippen LogP contribution in [0.5, 0.6) is 0 Å². The Labute approximate surface area is 153 Å². The van der Waals surface area contributed by atoms with Gasteiger partial charge < -0.3 is 4.84 Å². The van der Waals surface area contributed by atoms with Gasteiger partial charge >= 0.3 is 5.97 Å². The second kappa shape index (κ2) is 7.74. The molecule has 1 aliphatic rings. The first kappa shape index (κ1) is 15.0. The molecule has 0 saturated carbocycles. The van der Waals surface area contributed by atoms with Gasteiger partial charge in [-0.2, -0.15) is 0 Å². The minimum atomic E-state index is -1.66. The Hall–Kier alpha value is -3.28. The Kier molecular flexibility index (Phi) is 4.47. The number of carbonyl (C=O) groups is 4. The quantitative estimate of drug-likeness (QED) is 0.587. The number of imide groups is 1. The molecule has 2 amide bonds. The number of benzene rings is 2. The summed E-state index contributed by atoms with van der Waals surface area (Å²) in [6, 6.07) is 14.8. The van der Waals surface area contributed by atoms with Crippen molar-refractivity contribution in [3.63, 3.8) is 0 Å². The van der Waals surface area contributed by atoms with Crippen LogP contribution < -0.4 is 0 Å². The van der Waals surface area contributed by atoms with E-state index in [1.165, 1.54) is 24.3 Å². The highest BCUT2D eigenvalue weighted by atomic mass is 16.7. The van der Waals surface area contributed by atoms with E-state index in [1.807, 2.05) is 0 Å². The lowest BCUT2D eigenvalue weighted by atomic mass is 10.0. The summed E-state index contributed by atoms with van der Waals surface area (Å²) in [6.45, 7) is 0. The lowest BCUT2D eigenvalue weighted by Gasteiger charge is -2.12. The van der Waals surface area contributed by atoms with E-state index in [-0.39, 0.29) is 18.6 Å². The maximum atomic E-state index is 12.4. The van der Waals surface area contributed by atoms with E-state index in [1.54, 1.807) is 30.3 Å². The van der Waals surface area contributed by atoms with Crippen LogP contribution >= 0.6 is 0 Å². The molecule has 6 heteroatoms. The summed E-state index contributed by atoms with van der Waals surface area (Å²) in [7, 11) is 0. The van der Waals surface area contributed by atoms with Crippen molar-refractivity contribution in [1.82, 2.24) is 5.06 Å². The standard InChI is InChI=1S/C20H17NO5/c22-17-11-12-18(23)21(17)26-19(24)13-8-14-6-9-16(10-7-14)20(25)15-4-2-1-3-5-15/h1-7,9-10H,8,11-13H2/i8T,13T. The van der Waals surface area contributed by atoms with E-state index < -0.39 is 30.6 Å². The van der Waals surface area contributed by atoms with Crippen LogP contribution in [0.15, 0.2) is 54.6 Å². The van der Waals surface area contributed by atoms with Gasteiger partial charge in [-0.25, -0.2) is 4.79 Å². The fraction of sp³-hybridized carbons (Fsp3) is 0.200. The maximum absolute atomic E-state index is 12.4. The summed E-state index contributed by atoms with van der Waals surface area (Å²) in [5.74, 6) is -2.62. The highest BCUT2D eigenvalue weighted by Gasteiger charge is 2.32. The molecule has 2 aromatic carbocycles. The molecular formula is C20H17NO5. The van der Waals surface area contributed by atoms with Crippen LogP contribution in [0.4, 0.5) is 0 Å². The molecule has 1 saturated heterocycles. The molecule has 0 radical (unpaired) electrons. The number of amides is 2. The van der Waals surface area contributed by atoms with Gasteiger partial charge in [0.15, 0.2) is 5.78 Å². The highest BCUT2D eigenvalue weighted by Crippen LogP contribution is 2.15.